The highest BCUT2D eigenvalue weighted by molar-refractivity contribution is 14.1. The molecule has 3 N–H and O–H groups in total. The van der Waals surface area contributed by atoms with Crippen LogP contribution >= 0.6 is 50.1 Å². The first kappa shape index (κ1) is 17.3. The van der Waals surface area contributed by atoms with Crippen molar-refractivity contribution in [2.75, 3.05) is 6.54 Å². The van der Waals surface area contributed by atoms with Crippen molar-refractivity contribution in [3.05, 3.63) is 55.0 Å². The van der Waals surface area contributed by atoms with Crippen LogP contribution in [0.2, 0.25) is 5.02 Å². The molecule has 0 saturated heterocycles. The number of hydrogen-bond acceptors (Lipinski definition) is 1. The van der Waals surface area contributed by atoms with E-state index in [1.54, 1.807) is 0 Å². The minimum Gasteiger partial charge on any atom is -0.353 e. The van der Waals surface area contributed by atoms with Crippen molar-refractivity contribution < 1.29 is 0 Å². The molecule has 0 bridgehead atoms. The van der Waals surface area contributed by atoms with Crippen LogP contribution in [-0.2, 0) is 6.42 Å². The fraction of sp³-hybridized carbons (Fsp3) is 0.222. The summed E-state index contributed by atoms with van der Waals surface area (Å²) in [7, 11) is 0. The lowest BCUT2D eigenvalue weighted by molar-refractivity contribution is 0.748. The third-order valence-corrected chi connectivity index (χ3v) is 5.74. The van der Waals surface area contributed by atoms with Crippen molar-refractivity contribution in [3.8, 4) is 11.3 Å². The Morgan fingerprint density at radius 1 is 1.17 bits per heavy atom. The second kappa shape index (κ2) is 7.55. The van der Waals surface area contributed by atoms with Gasteiger partial charge in [0.2, 0.25) is 0 Å². The van der Waals surface area contributed by atoms with Gasteiger partial charge in [0, 0.05) is 24.0 Å². The van der Waals surface area contributed by atoms with Gasteiger partial charge in [-0.2, -0.15) is 0 Å². The van der Waals surface area contributed by atoms with Crippen LogP contribution in [0.4, 0.5) is 0 Å². The Hall–Kier alpha value is -0.560. The summed E-state index contributed by atoms with van der Waals surface area (Å²) in [6.07, 6.45) is 3.09. The van der Waals surface area contributed by atoms with Gasteiger partial charge >= 0.3 is 0 Å². The minimum atomic E-state index is 0.727. The number of benzene rings is 2. The number of aromatic nitrogens is 1. The van der Waals surface area contributed by atoms with Gasteiger partial charge in [0.05, 0.1) is 11.2 Å². The first-order chi connectivity index (χ1) is 11.1. The molecule has 0 aliphatic carbocycles. The predicted octanol–water partition coefficient (Wildman–Crippen LogP) is 6.14. The third kappa shape index (κ3) is 3.60. The fourth-order valence-corrected chi connectivity index (χ4v) is 4.44. The number of nitrogens with one attached hydrogen (secondary N) is 1. The third-order valence-electron chi connectivity index (χ3n) is 3.96. The van der Waals surface area contributed by atoms with E-state index in [9.17, 15) is 0 Å². The van der Waals surface area contributed by atoms with Gasteiger partial charge < -0.3 is 10.7 Å². The van der Waals surface area contributed by atoms with E-state index in [2.05, 4.69) is 73.8 Å². The molecule has 1 aromatic heterocycles. The standard InChI is InChI=1S/C18H17BrClIN2/c19-15-10-11(20)9-14-12(5-3-4-8-22)17(23-18(14)15)13-6-1-2-7-16(13)21/h1-2,6-7,9-10,23H,3-5,8,22H2. The van der Waals surface area contributed by atoms with Gasteiger partial charge in [-0.3, -0.25) is 0 Å². The Labute approximate surface area is 163 Å². The number of nitrogens with two attached hydrogens (primary N) is 1. The molecule has 120 valence electrons. The average molecular weight is 504 g/mol. The SMILES string of the molecule is NCCCCc1c(-c2ccccc2I)[nH]c2c(Br)cc(Cl)cc12. The van der Waals surface area contributed by atoms with Crippen molar-refractivity contribution in [3.63, 3.8) is 0 Å². The van der Waals surface area contributed by atoms with Gasteiger partial charge in [-0.05, 0) is 88.1 Å². The topological polar surface area (TPSA) is 41.8 Å². The largest absolute Gasteiger partial charge is 0.353 e. The Morgan fingerprint density at radius 3 is 2.70 bits per heavy atom. The molecular weight excluding hydrogens is 486 g/mol. The molecule has 2 aromatic carbocycles. The Kier molecular flexibility index (Phi) is 5.67. The van der Waals surface area contributed by atoms with Crippen molar-refractivity contribution in [2.24, 2.45) is 5.73 Å². The van der Waals surface area contributed by atoms with Crippen LogP contribution in [0, 0.1) is 3.57 Å². The summed E-state index contributed by atoms with van der Waals surface area (Å²) >= 11 is 12.3. The molecule has 0 fully saturated rings. The first-order valence-electron chi connectivity index (χ1n) is 7.56. The quantitative estimate of drug-likeness (QED) is 0.319. The lowest BCUT2D eigenvalue weighted by Crippen LogP contribution is -1.99. The maximum absolute atomic E-state index is 6.28. The van der Waals surface area contributed by atoms with E-state index < -0.39 is 0 Å². The summed E-state index contributed by atoms with van der Waals surface area (Å²) in [6.45, 7) is 0.727. The predicted molar refractivity (Wildman–Crippen MR) is 111 cm³/mol. The highest BCUT2D eigenvalue weighted by Crippen LogP contribution is 2.38. The van der Waals surface area contributed by atoms with E-state index in [0.717, 1.165) is 40.8 Å². The van der Waals surface area contributed by atoms with Crippen LogP contribution in [0.15, 0.2) is 40.9 Å². The van der Waals surface area contributed by atoms with Crippen molar-refractivity contribution >= 4 is 61.0 Å². The zero-order valence-electron chi connectivity index (χ0n) is 12.5. The minimum absolute atomic E-state index is 0.727. The van der Waals surface area contributed by atoms with Crippen LogP contribution in [0.25, 0.3) is 22.2 Å². The second-order valence-electron chi connectivity index (χ2n) is 5.51. The molecule has 3 rings (SSSR count). The molecule has 0 radical (unpaired) electrons. The Bertz CT molecular complexity index is 844. The van der Waals surface area contributed by atoms with Crippen LogP contribution < -0.4 is 5.73 Å². The number of unbranched alkanes of at least 4 members (excludes halogenated alkanes) is 1. The normalized spacial score (nSPS) is 11.3. The van der Waals surface area contributed by atoms with Crippen LogP contribution in [0.5, 0.6) is 0 Å². The lowest BCUT2D eigenvalue weighted by atomic mass is 10.0. The summed E-state index contributed by atoms with van der Waals surface area (Å²) < 4.78 is 2.23. The van der Waals surface area contributed by atoms with Gasteiger partial charge in [-0.25, -0.2) is 0 Å². The lowest BCUT2D eigenvalue weighted by Gasteiger charge is -2.07. The maximum atomic E-state index is 6.28. The maximum Gasteiger partial charge on any atom is 0.0607 e. The van der Waals surface area contributed by atoms with Gasteiger partial charge in [-0.1, -0.05) is 29.8 Å². The molecular formula is C18H17BrClIN2. The molecule has 0 atom stereocenters. The fourth-order valence-electron chi connectivity index (χ4n) is 2.87. The number of halogens is 3. The number of H-pyrrole nitrogens is 1. The average Bonchev–Trinajstić information content (AvgIpc) is 2.87. The number of aryl methyl sites for hydroxylation is 1. The molecule has 23 heavy (non-hydrogen) atoms. The number of aromatic amines is 1. The van der Waals surface area contributed by atoms with Crippen LogP contribution in [-0.4, -0.2) is 11.5 Å². The van der Waals surface area contributed by atoms with E-state index in [0.29, 0.717) is 0 Å². The van der Waals surface area contributed by atoms with Crippen LogP contribution in [0.1, 0.15) is 18.4 Å². The number of rotatable bonds is 5. The molecule has 0 saturated carbocycles. The molecule has 0 spiro atoms. The zero-order chi connectivity index (χ0) is 16.4. The van der Waals surface area contributed by atoms with E-state index in [1.165, 1.54) is 25.8 Å². The Balaban J connectivity index is 2.21. The van der Waals surface area contributed by atoms with Gasteiger partial charge in [-0.15, -0.1) is 0 Å². The smallest absolute Gasteiger partial charge is 0.0607 e. The molecule has 0 unspecified atom stereocenters. The van der Waals surface area contributed by atoms with Gasteiger partial charge in [0.15, 0.2) is 0 Å². The van der Waals surface area contributed by atoms with E-state index >= 15 is 0 Å². The summed E-state index contributed by atoms with van der Waals surface area (Å²) in [6, 6.07) is 12.4. The van der Waals surface area contributed by atoms with Crippen LogP contribution in [0.3, 0.4) is 0 Å². The van der Waals surface area contributed by atoms with E-state index in [1.807, 2.05) is 6.07 Å². The summed E-state index contributed by atoms with van der Waals surface area (Å²) in [5, 5.41) is 1.94. The monoisotopic (exact) mass is 502 g/mol. The first-order valence-corrected chi connectivity index (χ1v) is 9.81. The molecule has 3 aromatic rings. The van der Waals surface area contributed by atoms with E-state index in [4.69, 9.17) is 17.3 Å². The zero-order valence-corrected chi connectivity index (χ0v) is 17.0. The molecule has 0 aliphatic heterocycles. The molecule has 1 heterocycles. The van der Waals surface area contributed by atoms with Crippen molar-refractivity contribution in [1.82, 2.24) is 4.98 Å². The van der Waals surface area contributed by atoms with Crippen molar-refractivity contribution in [1.29, 1.82) is 0 Å². The highest BCUT2D eigenvalue weighted by atomic mass is 127. The number of hydrogen-bond donors (Lipinski definition) is 2. The van der Waals surface area contributed by atoms with Crippen molar-refractivity contribution in [2.45, 2.75) is 19.3 Å². The van der Waals surface area contributed by atoms with E-state index in [-0.39, 0.29) is 0 Å². The number of fused-ring (bicyclic) bond motifs is 1. The molecule has 5 heteroatoms. The summed E-state index contributed by atoms with van der Waals surface area (Å²) in [4.78, 5) is 3.60. The second-order valence-corrected chi connectivity index (χ2v) is 7.97. The molecule has 0 aliphatic rings. The summed E-state index contributed by atoms with van der Waals surface area (Å²) in [5.74, 6) is 0. The summed E-state index contributed by atoms with van der Waals surface area (Å²) in [5.41, 5.74) is 10.5. The Morgan fingerprint density at radius 2 is 1.96 bits per heavy atom. The molecule has 0 amide bonds. The molecule has 2 nitrogen and oxygen atoms in total. The van der Waals surface area contributed by atoms with Gasteiger partial charge in [0.1, 0.15) is 0 Å². The highest BCUT2D eigenvalue weighted by Gasteiger charge is 2.17. The van der Waals surface area contributed by atoms with Gasteiger partial charge in [0.25, 0.3) is 0 Å².